The molecular weight excluding hydrogens is 476 g/mol. The van der Waals surface area contributed by atoms with Crippen molar-refractivity contribution in [2.75, 3.05) is 13.6 Å². The number of amides is 2. The number of rotatable bonds is 13. The maximum absolute atomic E-state index is 12.9. The van der Waals surface area contributed by atoms with Gasteiger partial charge in [0, 0.05) is 20.1 Å². The van der Waals surface area contributed by atoms with E-state index in [4.69, 9.17) is 4.74 Å². The number of urea groups is 1. The lowest BCUT2D eigenvalue weighted by molar-refractivity contribution is -0.156. The summed E-state index contributed by atoms with van der Waals surface area (Å²) in [6.07, 6.45) is 5.50. The van der Waals surface area contributed by atoms with Crippen molar-refractivity contribution in [3.05, 3.63) is 65.2 Å². The lowest BCUT2D eigenvalue weighted by atomic mass is 9.87. The average molecular weight is 523 g/mol. The van der Waals surface area contributed by atoms with Gasteiger partial charge in [-0.25, -0.2) is 9.59 Å². The Balaban J connectivity index is 1.51. The van der Waals surface area contributed by atoms with Gasteiger partial charge in [0.05, 0.1) is 6.04 Å². The quantitative estimate of drug-likeness (QED) is 0.306. The van der Waals surface area contributed by atoms with Gasteiger partial charge < -0.3 is 19.6 Å². The van der Waals surface area contributed by atoms with Crippen LogP contribution in [-0.4, -0.2) is 52.1 Å². The second-order valence-corrected chi connectivity index (χ2v) is 11.8. The molecule has 3 rings (SSSR count). The molecule has 2 amide bonds. The topological polar surface area (TPSA) is 70.1 Å². The fourth-order valence-electron chi connectivity index (χ4n) is 5.14. The van der Waals surface area contributed by atoms with E-state index in [9.17, 15) is 14.7 Å². The number of carboxylic acids is 1. The molecule has 2 aromatic rings. The Labute approximate surface area is 229 Å². The minimum absolute atomic E-state index is 0.0947. The van der Waals surface area contributed by atoms with Crippen LogP contribution in [0, 0.1) is 0 Å². The molecule has 1 saturated heterocycles. The summed E-state index contributed by atoms with van der Waals surface area (Å²) < 4.78 is 6.02. The van der Waals surface area contributed by atoms with E-state index < -0.39 is 11.6 Å². The number of aryl methyl sites for hydroxylation is 1. The first kappa shape index (κ1) is 29.5. The van der Waals surface area contributed by atoms with Crippen LogP contribution >= 0.6 is 0 Å². The van der Waals surface area contributed by atoms with E-state index in [0.29, 0.717) is 25.1 Å². The summed E-state index contributed by atoms with van der Waals surface area (Å²) in [5, 5.41) is 9.81. The number of hydrogen-bond donors (Lipinski definition) is 1. The van der Waals surface area contributed by atoms with E-state index >= 15 is 0 Å². The number of carbonyl (C=O) groups is 2. The molecule has 1 fully saturated rings. The lowest BCUT2D eigenvalue weighted by Gasteiger charge is -2.29. The first-order chi connectivity index (χ1) is 18.0. The minimum Gasteiger partial charge on any atom is -0.478 e. The standard InChI is InChI=1S/C32H46N2O4/c1-7-9-21-32(8-2,29(35)36)38-28-19-15-24(16-20-28)11-10-12-27-23-34(30(37)33(27)6)22-25-13-17-26(18-14-25)31(3,4)5/h13-20,27H,7-12,21-23H2,1-6H3,(H,35,36). The summed E-state index contributed by atoms with van der Waals surface area (Å²) in [7, 11) is 1.91. The first-order valence-corrected chi connectivity index (χ1v) is 14.1. The van der Waals surface area contributed by atoms with Crippen molar-refractivity contribution in [2.45, 2.75) is 103 Å². The highest BCUT2D eigenvalue weighted by Gasteiger charge is 2.38. The summed E-state index contributed by atoms with van der Waals surface area (Å²) in [5.41, 5.74) is 2.59. The van der Waals surface area contributed by atoms with Crippen LogP contribution in [0.1, 0.15) is 89.8 Å². The third kappa shape index (κ3) is 7.30. The highest BCUT2D eigenvalue weighted by atomic mass is 16.5. The lowest BCUT2D eigenvalue weighted by Crippen LogP contribution is -2.44. The molecule has 208 valence electrons. The van der Waals surface area contributed by atoms with Gasteiger partial charge in [-0.2, -0.15) is 0 Å². The molecule has 6 nitrogen and oxygen atoms in total. The Bertz CT molecular complexity index is 1060. The van der Waals surface area contributed by atoms with Crippen LogP contribution in [0.4, 0.5) is 4.79 Å². The van der Waals surface area contributed by atoms with E-state index in [1.54, 1.807) is 0 Å². The molecule has 6 heteroatoms. The van der Waals surface area contributed by atoms with Gasteiger partial charge in [-0.3, -0.25) is 0 Å². The molecule has 0 saturated carbocycles. The van der Waals surface area contributed by atoms with Crippen molar-refractivity contribution in [3.8, 4) is 5.75 Å². The van der Waals surface area contributed by atoms with Crippen molar-refractivity contribution in [3.63, 3.8) is 0 Å². The van der Waals surface area contributed by atoms with Crippen LogP contribution in [0.25, 0.3) is 0 Å². The Morgan fingerprint density at radius 1 is 1.00 bits per heavy atom. The number of aliphatic carboxylic acids is 1. The zero-order valence-electron chi connectivity index (χ0n) is 24.1. The van der Waals surface area contributed by atoms with E-state index in [-0.39, 0.29) is 17.5 Å². The van der Waals surface area contributed by atoms with Crippen molar-refractivity contribution in [2.24, 2.45) is 0 Å². The van der Waals surface area contributed by atoms with Crippen LogP contribution in [0.15, 0.2) is 48.5 Å². The number of likely N-dealkylation sites (N-methyl/N-ethyl adjacent to an activating group) is 1. The minimum atomic E-state index is -1.17. The number of nitrogens with zero attached hydrogens (tertiary/aromatic N) is 2. The average Bonchev–Trinajstić information content (AvgIpc) is 3.15. The van der Waals surface area contributed by atoms with Crippen LogP contribution in [0.5, 0.6) is 5.75 Å². The zero-order chi connectivity index (χ0) is 27.9. The van der Waals surface area contributed by atoms with Crippen molar-refractivity contribution in [1.29, 1.82) is 0 Å². The predicted octanol–water partition coefficient (Wildman–Crippen LogP) is 7.05. The fraction of sp³-hybridized carbons (Fsp3) is 0.562. The van der Waals surface area contributed by atoms with Gasteiger partial charge in [0.15, 0.2) is 0 Å². The maximum Gasteiger partial charge on any atom is 0.348 e. The van der Waals surface area contributed by atoms with Crippen LogP contribution in [0.3, 0.4) is 0 Å². The highest BCUT2D eigenvalue weighted by molar-refractivity contribution is 5.78. The molecular formula is C32H46N2O4. The number of carbonyl (C=O) groups excluding carboxylic acids is 1. The van der Waals surface area contributed by atoms with Gasteiger partial charge in [-0.15, -0.1) is 0 Å². The number of ether oxygens (including phenoxy) is 1. The van der Waals surface area contributed by atoms with Crippen LogP contribution in [-0.2, 0) is 23.2 Å². The first-order valence-electron chi connectivity index (χ1n) is 14.1. The van der Waals surface area contributed by atoms with E-state index in [0.717, 1.165) is 44.2 Å². The van der Waals surface area contributed by atoms with E-state index in [1.165, 1.54) is 11.1 Å². The Morgan fingerprint density at radius 2 is 1.63 bits per heavy atom. The van der Waals surface area contributed by atoms with Gasteiger partial charge in [0.1, 0.15) is 5.75 Å². The second kappa shape index (κ2) is 12.7. The monoisotopic (exact) mass is 522 g/mol. The number of benzene rings is 2. The van der Waals surface area contributed by atoms with Crippen molar-refractivity contribution in [1.82, 2.24) is 9.80 Å². The fourth-order valence-corrected chi connectivity index (χ4v) is 5.14. The van der Waals surface area contributed by atoms with Crippen molar-refractivity contribution < 1.29 is 19.4 Å². The van der Waals surface area contributed by atoms with Crippen molar-refractivity contribution >= 4 is 12.0 Å². The zero-order valence-corrected chi connectivity index (χ0v) is 24.1. The molecule has 0 aliphatic carbocycles. The summed E-state index contributed by atoms with van der Waals surface area (Å²) >= 11 is 0. The maximum atomic E-state index is 12.9. The molecule has 1 aliphatic heterocycles. The third-order valence-corrected chi connectivity index (χ3v) is 7.88. The summed E-state index contributed by atoms with van der Waals surface area (Å²) in [6.45, 7) is 11.9. The molecule has 2 unspecified atom stereocenters. The van der Waals surface area contributed by atoms with Gasteiger partial charge in [-0.1, -0.05) is 77.4 Å². The third-order valence-electron chi connectivity index (χ3n) is 7.88. The largest absolute Gasteiger partial charge is 0.478 e. The van der Waals surface area contributed by atoms with E-state index in [2.05, 4.69) is 52.0 Å². The normalized spacial score (nSPS) is 17.5. The summed E-state index contributed by atoms with van der Waals surface area (Å²) in [5.74, 6) is -0.301. The predicted molar refractivity (Wildman–Crippen MR) is 153 cm³/mol. The molecule has 2 aromatic carbocycles. The second-order valence-electron chi connectivity index (χ2n) is 11.8. The summed E-state index contributed by atoms with van der Waals surface area (Å²) in [6, 6.07) is 16.7. The number of carboxylic acid groups (broad SMARTS) is 1. The number of unbranched alkanes of at least 4 members (excludes halogenated alkanes) is 1. The molecule has 0 bridgehead atoms. The molecule has 0 spiro atoms. The Kier molecular flexibility index (Phi) is 9.86. The Morgan fingerprint density at radius 3 is 2.18 bits per heavy atom. The highest BCUT2D eigenvalue weighted by Crippen LogP contribution is 2.28. The smallest absolute Gasteiger partial charge is 0.348 e. The van der Waals surface area contributed by atoms with Gasteiger partial charge in [-0.05, 0) is 72.8 Å². The van der Waals surface area contributed by atoms with Gasteiger partial charge >= 0.3 is 12.0 Å². The SMILES string of the molecule is CCCCC(CC)(Oc1ccc(CCCC2CN(Cc3ccc(C(C)(C)C)cc3)C(=O)N2C)cc1)C(=O)O. The van der Waals surface area contributed by atoms with Crippen LogP contribution < -0.4 is 4.74 Å². The van der Waals surface area contributed by atoms with Gasteiger partial charge in [0.25, 0.3) is 0 Å². The molecule has 38 heavy (non-hydrogen) atoms. The molecule has 1 N–H and O–H groups in total. The van der Waals surface area contributed by atoms with Crippen LogP contribution in [0.2, 0.25) is 0 Å². The molecule has 0 aromatic heterocycles. The molecule has 1 heterocycles. The summed E-state index contributed by atoms with van der Waals surface area (Å²) in [4.78, 5) is 28.7. The molecule has 2 atom stereocenters. The van der Waals surface area contributed by atoms with E-state index in [1.807, 2.05) is 48.0 Å². The molecule has 1 aliphatic rings. The molecule has 0 radical (unpaired) electrons. The number of hydrogen-bond acceptors (Lipinski definition) is 3. The Hall–Kier alpha value is -3.02. The van der Waals surface area contributed by atoms with Gasteiger partial charge in [0.2, 0.25) is 5.60 Å².